The Labute approximate surface area is 187 Å². The number of likely N-dealkylation sites (tertiary alicyclic amines) is 1. The molecule has 0 bridgehead atoms. The van der Waals surface area contributed by atoms with E-state index in [1.54, 1.807) is 11.0 Å². The smallest absolute Gasteiger partial charge is 0.294 e. The molecule has 29 heavy (non-hydrogen) atoms. The van der Waals surface area contributed by atoms with Crippen molar-refractivity contribution in [3.8, 4) is 5.69 Å². The molecular formula is C21H20IN3O3S. The summed E-state index contributed by atoms with van der Waals surface area (Å²) in [6.45, 7) is 1.23. The number of piperidine rings is 1. The Bertz CT molecular complexity index is 977. The quantitative estimate of drug-likeness (QED) is 0.449. The van der Waals surface area contributed by atoms with E-state index in [-0.39, 0.29) is 17.7 Å². The van der Waals surface area contributed by atoms with Gasteiger partial charge in [-0.25, -0.2) is 0 Å². The van der Waals surface area contributed by atoms with Crippen molar-refractivity contribution in [3.63, 3.8) is 0 Å². The molecule has 1 aromatic carbocycles. The summed E-state index contributed by atoms with van der Waals surface area (Å²) in [5.41, 5.74) is 1.78. The van der Waals surface area contributed by atoms with Crippen molar-refractivity contribution in [2.45, 2.75) is 19.3 Å². The number of carbonyl (C=O) groups excluding carboxylic acids is 3. The van der Waals surface area contributed by atoms with Crippen LogP contribution in [0.2, 0.25) is 0 Å². The number of thioether (sulfide) groups is 1. The van der Waals surface area contributed by atoms with E-state index in [1.165, 1.54) is 0 Å². The van der Waals surface area contributed by atoms with Crippen molar-refractivity contribution >= 4 is 57.5 Å². The van der Waals surface area contributed by atoms with Crippen LogP contribution in [-0.4, -0.2) is 51.1 Å². The van der Waals surface area contributed by atoms with E-state index in [1.807, 2.05) is 47.2 Å². The molecule has 6 nitrogen and oxygen atoms in total. The molecule has 0 spiro atoms. The molecule has 2 fully saturated rings. The Balaban J connectivity index is 1.52. The highest BCUT2D eigenvalue weighted by Gasteiger charge is 2.37. The van der Waals surface area contributed by atoms with Gasteiger partial charge in [-0.15, -0.1) is 0 Å². The molecule has 0 aliphatic carbocycles. The molecule has 1 aromatic heterocycles. The molecular weight excluding hydrogens is 501 g/mol. The van der Waals surface area contributed by atoms with Crippen LogP contribution in [0.1, 0.15) is 25.0 Å². The maximum atomic E-state index is 12.8. The van der Waals surface area contributed by atoms with Crippen LogP contribution < -0.4 is 0 Å². The first kappa shape index (κ1) is 20.2. The fourth-order valence-corrected chi connectivity index (χ4v) is 4.68. The van der Waals surface area contributed by atoms with Gasteiger partial charge in [0.2, 0.25) is 5.91 Å². The number of hydrogen-bond acceptors (Lipinski definition) is 4. The number of nitrogens with zero attached hydrogens (tertiary/aromatic N) is 3. The second-order valence-corrected chi connectivity index (χ2v) is 9.23. The Morgan fingerprint density at radius 3 is 2.52 bits per heavy atom. The molecule has 0 atom stereocenters. The molecule has 0 saturated carbocycles. The zero-order valence-corrected chi connectivity index (χ0v) is 18.7. The number of rotatable bonds is 4. The van der Waals surface area contributed by atoms with Gasteiger partial charge in [0.1, 0.15) is 6.54 Å². The van der Waals surface area contributed by atoms with Gasteiger partial charge in [-0.1, -0.05) is 0 Å². The first-order valence-corrected chi connectivity index (χ1v) is 11.4. The van der Waals surface area contributed by atoms with Crippen LogP contribution in [0.3, 0.4) is 0 Å². The average Bonchev–Trinajstić information content (AvgIpc) is 3.29. The SMILES string of the molecule is O=C(CN1C(=O)S/C(=C\c2cccn2-c2ccc(I)cc2)C1=O)N1CCCCC1. The van der Waals surface area contributed by atoms with Gasteiger partial charge in [-0.05, 0) is 96.1 Å². The van der Waals surface area contributed by atoms with Crippen molar-refractivity contribution in [1.29, 1.82) is 0 Å². The van der Waals surface area contributed by atoms with E-state index in [4.69, 9.17) is 0 Å². The first-order valence-electron chi connectivity index (χ1n) is 9.49. The lowest BCUT2D eigenvalue weighted by molar-refractivity contribution is -0.136. The lowest BCUT2D eigenvalue weighted by Gasteiger charge is -2.27. The predicted octanol–water partition coefficient (Wildman–Crippen LogP) is 4.13. The second-order valence-electron chi connectivity index (χ2n) is 6.99. The maximum Gasteiger partial charge on any atom is 0.294 e. The molecule has 4 rings (SSSR count). The van der Waals surface area contributed by atoms with Gasteiger partial charge in [0.05, 0.1) is 4.91 Å². The first-order chi connectivity index (χ1) is 14.0. The number of benzene rings is 1. The number of amides is 3. The van der Waals surface area contributed by atoms with E-state index >= 15 is 0 Å². The number of halogens is 1. The van der Waals surface area contributed by atoms with Gasteiger partial charge in [-0.3, -0.25) is 19.3 Å². The number of hydrogen-bond donors (Lipinski definition) is 0. The predicted molar refractivity (Wildman–Crippen MR) is 122 cm³/mol. The van der Waals surface area contributed by atoms with Crippen molar-refractivity contribution in [2.75, 3.05) is 19.6 Å². The van der Waals surface area contributed by atoms with Crippen molar-refractivity contribution < 1.29 is 14.4 Å². The molecule has 2 aromatic rings. The Hall–Kier alpha value is -2.07. The summed E-state index contributed by atoms with van der Waals surface area (Å²) >= 11 is 3.14. The Kier molecular flexibility index (Phi) is 6.09. The highest BCUT2D eigenvalue weighted by Crippen LogP contribution is 2.32. The van der Waals surface area contributed by atoms with E-state index in [2.05, 4.69) is 22.6 Å². The summed E-state index contributed by atoms with van der Waals surface area (Å²) in [7, 11) is 0. The zero-order valence-electron chi connectivity index (χ0n) is 15.7. The monoisotopic (exact) mass is 521 g/mol. The third-order valence-corrected chi connectivity index (χ3v) is 6.67. The van der Waals surface area contributed by atoms with E-state index in [9.17, 15) is 14.4 Å². The van der Waals surface area contributed by atoms with Crippen molar-refractivity contribution in [1.82, 2.24) is 14.4 Å². The van der Waals surface area contributed by atoms with Crippen LogP contribution in [0.15, 0.2) is 47.5 Å². The molecule has 0 radical (unpaired) electrons. The molecule has 2 aliphatic heterocycles. The average molecular weight is 521 g/mol. The third-order valence-electron chi connectivity index (χ3n) is 5.04. The zero-order chi connectivity index (χ0) is 20.4. The fraction of sp³-hybridized carbons (Fsp3) is 0.286. The molecule has 2 aliphatic rings. The molecule has 0 unspecified atom stereocenters. The van der Waals surface area contributed by atoms with Gasteiger partial charge in [-0.2, -0.15) is 0 Å². The lowest BCUT2D eigenvalue weighted by Crippen LogP contribution is -2.44. The summed E-state index contributed by atoms with van der Waals surface area (Å²) in [6.07, 6.45) is 6.70. The van der Waals surface area contributed by atoms with E-state index in [0.29, 0.717) is 18.0 Å². The van der Waals surface area contributed by atoms with Crippen LogP contribution >= 0.6 is 34.4 Å². The van der Waals surface area contributed by atoms with Crippen LogP contribution in [0.5, 0.6) is 0 Å². The van der Waals surface area contributed by atoms with E-state index in [0.717, 1.165) is 50.9 Å². The van der Waals surface area contributed by atoms with Gasteiger partial charge < -0.3 is 9.47 Å². The minimum absolute atomic E-state index is 0.157. The largest absolute Gasteiger partial charge is 0.341 e. The maximum absolute atomic E-state index is 12.8. The van der Waals surface area contributed by atoms with Crippen LogP contribution in [0.25, 0.3) is 11.8 Å². The summed E-state index contributed by atoms with van der Waals surface area (Å²) < 4.78 is 3.10. The van der Waals surface area contributed by atoms with Gasteiger partial charge in [0.25, 0.3) is 11.1 Å². The minimum Gasteiger partial charge on any atom is -0.341 e. The number of aromatic nitrogens is 1. The van der Waals surface area contributed by atoms with Crippen molar-refractivity contribution in [2.24, 2.45) is 0 Å². The summed E-state index contributed by atoms with van der Waals surface area (Å²) in [4.78, 5) is 40.8. The normalized spacial score (nSPS) is 18.7. The minimum atomic E-state index is -0.402. The van der Waals surface area contributed by atoms with Gasteiger partial charge in [0.15, 0.2) is 0 Å². The summed E-state index contributed by atoms with van der Waals surface area (Å²) in [6, 6.07) is 11.8. The highest BCUT2D eigenvalue weighted by molar-refractivity contribution is 14.1. The Morgan fingerprint density at radius 1 is 1.07 bits per heavy atom. The highest BCUT2D eigenvalue weighted by atomic mass is 127. The molecule has 150 valence electrons. The van der Waals surface area contributed by atoms with Gasteiger partial charge in [0, 0.05) is 34.2 Å². The summed E-state index contributed by atoms with van der Waals surface area (Å²) in [5, 5.41) is -0.390. The summed E-state index contributed by atoms with van der Waals surface area (Å²) in [5.74, 6) is -0.559. The molecule has 8 heteroatoms. The van der Waals surface area contributed by atoms with Crippen molar-refractivity contribution in [3.05, 3.63) is 56.8 Å². The molecule has 3 heterocycles. The van der Waals surface area contributed by atoms with Gasteiger partial charge >= 0.3 is 0 Å². The lowest BCUT2D eigenvalue weighted by atomic mass is 10.1. The molecule has 2 saturated heterocycles. The second kappa shape index (κ2) is 8.74. The molecule has 0 N–H and O–H groups in total. The Morgan fingerprint density at radius 2 is 1.79 bits per heavy atom. The fourth-order valence-electron chi connectivity index (χ4n) is 3.50. The molecule has 3 amide bonds. The topological polar surface area (TPSA) is 62.6 Å². The van der Waals surface area contributed by atoms with Crippen LogP contribution in [-0.2, 0) is 9.59 Å². The third kappa shape index (κ3) is 4.42. The number of imide groups is 1. The van der Waals surface area contributed by atoms with Crippen LogP contribution in [0.4, 0.5) is 4.79 Å². The van der Waals surface area contributed by atoms with E-state index < -0.39 is 5.91 Å². The standard InChI is InChI=1S/C21H20IN3O3S/c22-15-6-8-16(9-7-15)24-12-4-5-17(24)13-18-20(27)25(21(28)29-18)14-19(26)23-10-2-1-3-11-23/h4-9,12-13H,1-3,10-11,14H2/b18-13-. The number of carbonyl (C=O) groups is 3. The van der Waals surface area contributed by atoms with Crippen LogP contribution in [0, 0.1) is 3.57 Å².